The Hall–Kier alpha value is -2.67. The number of amides is 1. The highest BCUT2D eigenvalue weighted by atomic mass is 32.2. The number of hydrogen-bond acceptors (Lipinski definition) is 5. The molecule has 1 N–H and O–H groups in total. The van der Waals surface area contributed by atoms with E-state index in [1.54, 1.807) is 37.3 Å². The molecule has 0 fully saturated rings. The quantitative estimate of drug-likeness (QED) is 0.799. The molecule has 6 nitrogen and oxygen atoms in total. The summed E-state index contributed by atoms with van der Waals surface area (Å²) < 4.78 is 29.3. The lowest BCUT2D eigenvalue weighted by Gasteiger charge is -2.11. The molecule has 0 aromatic heterocycles. The van der Waals surface area contributed by atoms with Crippen LogP contribution in [-0.4, -0.2) is 33.2 Å². The molecular weight excluding hydrogens is 342 g/mol. The zero-order valence-corrected chi connectivity index (χ0v) is 14.8. The fraction of sp³-hybridized carbons (Fsp3) is 0.222. The summed E-state index contributed by atoms with van der Waals surface area (Å²) in [6, 6.07) is 12.3. The zero-order valence-electron chi connectivity index (χ0n) is 14.0. The molecule has 0 saturated carbocycles. The Labute approximate surface area is 146 Å². The van der Waals surface area contributed by atoms with Gasteiger partial charge in [-0.15, -0.1) is 0 Å². The number of benzene rings is 2. The van der Waals surface area contributed by atoms with Gasteiger partial charge in [-0.2, -0.15) is 0 Å². The van der Waals surface area contributed by atoms with Gasteiger partial charge < -0.3 is 10.1 Å². The molecule has 0 aliphatic heterocycles. The standard InChI is InChI=1S/C18H19NO5S/c1-3-11-25(22,23)16-10-5-4-9-15(16)17(20)19-14-8-6-7-13(12-14)18(21)24-2/h4-10,12H,3,11H2,1-2H3,(H,19,20). The van der Waals surface area contributed by atoms with Crippen molar-refractivity contribution in [3.63, 3.8) is 0 Å². The Morgan fingerprint density at radius 3 is 2.48 bits per heavy atom. The Kier molecular flexibility index (Phi) is 5.93. The van der Waals surface area contributed by atoms with Crippen molar-refractivity contribution in [2.75, 3.05) is 18.2 Å². The molecule has 2 aromatic carbocycles. The van der Waals surface area contributed by atoms with Crippen LogP contribution >= 0.6 is 0 Å². The predicted molar refractivity (Wildman–Crippen MR) is 94.5 cm³/mol. The lowest BCUT2D eigenvalue weighted by Crippen LogP contribution is -2.18. The van der Waals surface area contributed by atoms with Crippen LogP contribution in [0.15, 0.2) is 53.4 Å². The van der Waals surface area contributed by atoms with Gasteiger partial charge in [0.1, 0.15) is 0 Å². The number of rotatable bonds is 6. The van der Waals surface area contributed by atoms with Crippen LogP contribution in [0.2, 0.25) is 0 Å². The predicted octanol–water partition coefficient (Wildman–Crippen LogP) is 2.91. The van der Waals surface area contributed by atoms with Gasteiger partial charge in [0.05, 0.1) is 28.9 Å². The minimum Gasteiger partial charge on any atom is -0.465 e. The summed E-state index contributed by atoms with van der Waals surface area (Å²) in [4.78, 5) is 24.1. The number of anilines is 1. The van der Waals surface area contributed by atoms with Crippen LogP contribution in [0, 0.1) is 0 Å². The molecule has 0 radical (unpaired) electrons. The summed E-state index contributed by atoms with van der Waals surface area (Å²) in [6.07, 6.45) is 0.458. The van der Waals surface area contributed by atoms with Crippen molar-refractivity contribution < 1.29 is 22.7 Å². The van der Waals surface area contributed by atoms with E-state index in [9.17, 15) is 18.0 Å². The fourth-order valence-corrected chi connectivity index (χ4v) is 3.88. The maximum atomic E-state index is 12.5. The Morgan fingerprint density at radius 1 is 1.08 bits per heavy atom. The zero-order chi connectivity index (χ0) is 18.4. The molecule has 0 spiro atoms. The topological polar surface area (TPSA) is 89.5 Å². The van der Waals surface area contributed by atoms with E-state index in [1.807, 2.05) is 0 Å². The third kappa shape index (κ3) is 4.45. The molecule has 0 unspecified atom stereocenters. The van der Waals surface area contributed by atoms with Gasteiger partial charge in [0.2, 0.25) is 0 Å². The molecule has 0 saturated heterocycles. The second kappa shape index (κ2) is 7.94. The number of methoxy groups -OCH3 is 1. The minimum absolute atomic E-state index is 0.00141. The van der Waals surface area contributed by atoms with E-state index in [0.29, 0.717) is 12.1 Å². The van der Waals surface area contributed by atoms with Gasteiger partial charge in [-0.05, 0) is 36.8 Å². The largest absolute Gasteiger partial charge is 0.465 e. The van der Waals surface area contributed by atoms with Gasteiger partial charge in [0, 0.05) is 5.69 Å². The van der Waals surface area contributed by atoms with Gasteiger partial charge in [-0.25, -0.2) is 13.2 Å². The molecule has 132 valence electrons. The lowest BCUT2D eigenvalue weighted by molar-refractivity contribution is 0.0600. The minimum atomic E-state index is -3.54. The van der Waals surface area contributed by atoms with Crippen LogP contribution in [0.4, 0.5) is 5.69 Å². The van der Waals surface area contributed by atoms with Gasteiger partial charge in [-0.3, -0.25) is 4.79 Å². The first-order valence-corrected chi connectivity index (χ1v) is 9.35. The maximum Gasteiger partial charge on any atom is 0.337 e. The van der Waals surface area contributed by atoms with Crippen molar-refractivity contribution in [1.29, 1.82) is 0 Å². The first-order chi connectivity index (χ1) is 11.9. The van der Waals surface area contributed by atoms with Crippen molar-refractivity contribution >= 4 is 27.4 Å². The molecule has 2 rings (SSSR count). The van der Waals surface area contributed by atoms with Crippen molar-refractivity contribution in [3.8, 4) is 0 Å². The van der Waals surface area contributed by atoms with Gasteiger partial charge in [0.15, 0.2) is 9.84 Å². The van der Waals surface area contributed by atoms with Crippen LogP contribution in [-0.2, 0) is 14.6 Å². The van der Waals surface area contributed by atoms with Gasteiger partial charge in [-0.1, -0.05) is 25.1 Å². The van der Waals surface area contributed by atoms with E-state index in [2.05, 4.69) is 10.1 Å². The Bertz CT molecular complexity index is 890. The Balaban J connectivity index is 2.33. The molecule has 7 heteroatoms. The third-order valence-electron chi connectivity index (χ3n) is 3.48. The molecule has 0 heterocycles. The number of sulfone groups is 1. The highest BCUT2D eigenvalue weighted by Gasteiger charge is 2.21. The number of esters is 1. The Morgan fingerprint density at radius 2 is 1.80 bits per heavy atom. The lowest BCUT2D eigenvalue weighted by atomic mass is 10.1. The first-order valence-electron chi connectivity index (χ1n) is 7.70. The van der Waals surface area contributed by atoms with Crippen molar-refractivity contribution in [1.82, 2.24) is 0 Å². The summed E-state index contributed by atoms with van der Waals surface area (Å²) in [5, 5.41) is 2.62. The summed E-state index contributed by atoms with van der Waals surface area (Å²) in [7, 11) is -2.27. The number of carbonyl (C=O) groups is 2. The molecule has 1 amide bonds. The average Bonchev–Trinajstić information content (AvgIpc) is 2.61. The van der Waals surface area contributed by atoms with Crippen LogP contribution < -0.4 is 5.32 Å². The van der Waals surface area contributed by atoms with E-state index >= 15 is 0 Å². The molecule has 0 bridgehead atoms. The number of ether oxygens (including phenoxy) is 1. The van der Waals surface area contributed by atoms with Crippen molar-refractivity contribution in [2.45, 2.75) is 18.2 Å². The average molecular weight is 361 g/mol. The van der Waals surface area contributed by atoms with Crippen LogP contribution in [0.25, 0.3) is 0 Å². The van der Waals surface area contributed by atoms with Crippen LogP contribution in [0.3, 0.4) is 0 Å². The first kappa shape index (κ1) is 18.7. The fourth-order valence-electron chi connectivity index (χ4n) is 2.34. The van der Waals surface area contributed by atoms with Crippen LogP contribution in [0.1, 0.15) is 34.1 Å². The number of hydrogen-bond donors (Lipinski definition) is 1. The van der Waals surface area contributed by atoms with Crippen molar-refractivity contribution in [3.05, 3.63) is 59.7 Å². The highest BCUT2D eigenvalue weighted by molar-refractivity contribution is 7.91. The summed E-state index contributed by atoms with van der Waals surface area (Å²) in [6.45, 7) is 1.76. The molecule has 0 aliphatic rings. The van der Waals surface area contributed by atoms with Gasteiger partial charge >= 0.3 is 5.97 Å². The van der Waals surface area contributed by atoms with E-state index in [0.717, 1.165) is 0 Å². The summed E-state index contributed by atoms with van der Waals surface area (Å²) >= 11 is 0. The third-order valence-corrected chi connectivity index (χ3v) is 5.45. The van der Waals surface area contributed by atoms with E-state index in [-0.39, 0.29) is 21.8 Å². The van der Waals surface area contributed by atoms with E-state index in [1.165, 1.54) is 25.3 Å². The number of carbonyl (C=O) groups excluding carboxylic acids is 2. The summed E-state index contributed by atoms with van der Waals surface area (Å²) in [5.41, 5.74) is 0.724. The van der Waals surface area contributed by atoms with Gasteiger partial charge in [0.25, 0.3) is 5.91 Å². The second-order valence-corrected chi connectivity index (χ2v) is 7.42. The van der Waals surface area contributed by atoms with E-state index < -0.39 is 21.7 Å². The van der Waals surface area contributed by atoms with Crippen molar-refractivity contribution in [2.24, 2.45) is 0 Å². The number of nitrogens with one attached hydrogen (secondary N) is 1. The SMILES string of the molecule is CCCS(=O)(=O)c1ccccc1C(=O)Nc1cccc(C(=O)OC)c1. The normalized spacial score (nSPS) is 11.0. The monoisotopic (exact) mass is 361 g/mol. The van der Waals surface area contributed by atoms with Crippen LogP contribution in [0.5, 0.6) is 0 Å². The highest BCUT2D eigenvalue weighted by Crippen LogP contribution is 2.20. The molecule has 0 atom stereocenters. The van der Waals surface area contributed by atoms with E-state index in [4.69, 9.17) is 0 Å². The smallest absolute Gasteiger partial charge is 0.337 e. The molecular formula is C18H19NO5S. The maximum absolute atomic E-state index is 12.5. The molecule has 25 heavy (non-hydrogen) atoms. The second-order valence-electron chi connectivity index (χ2n) is 5.34. The summed E-state index contributed by atoms with van der Waals surface area (Å²) in [5.74, 6) is -1.12. The molecule has 2 aromatic rings. The molecule has 0 aliphatic carbocycles.